The van der Waals surface area contributed by atoms with Crippen LogP contribution in [0.4, 0.5) is 0 Å². The lowest BCUT2D eigenvalue weighted by Gasteiger charge is -1.99. The van der Waals surface area contributed by atoms with Crippen LogP contribution in [0.5, 0.6) is 0 Å². The standard InChI is InChI=1S/C11H8ClN/c12-11-8-4-7-10(13-11)9-5-2-1-3-6-9/h1-8H/i4D. The zero-order valence-corrected chi connectivity index (χ0v) is 7.62. The van der Waals surface area contributed by atoms with Crippen molar-refractivity contribution in [3.05, 3.63) is 53.7 Å². The first-order chi connectivity index (χ1) is 6.75. The minimum absolute atomic E-state index is 0.358. The predicted octanol–water partition coefficient (Wildman–Crippen LogP) is 3.40. The van der Waals surface area contributed by atoms with Crippen LogP contribution < -0.4 is 0 Å². The molecule has 0 bridgehead atoms. The van der Waals surface area contributed by atoms with Gasteiger partial charge in [-0.3, -0.25) is 0 Å². The van der Waals surface area contributed by atoms with Gasteiger partial charge in [-0.1, -0.05) is 48.0 Å². The first-order valence-corrected chi connectivity index (χ1v) is 4.33. The second-order valence-electron chi connectivity index (χ2n) is 2.64. The van der Waals surface area contributed by atoms with E-state index < -0.39 is 0 Å². The van der Waals surface area contributed by atoms with Crippen molar-refractivity contribution in [2.24, 2.45) is 0 Å². The summed E-state index contributed by atoms with van der Waals surface area (Å²) in [4.78, 5) is 4.15. The molecule has 0 unspecified atom stereocenters. The Labute approximate surface area is 83.4 Å². The molecule has 0 radical (unpaired) electrons. The van der Waals surface area contributed by atoms with E-state index in [-0.39, 0.29) is 0 Å². The van der Waals surface area contributed by atoms with Gasteiger partial charge in [0.25, 0.3) is 0 Å². The summed E-state index contributed by atoms with van der Waals surface area (Å²) in [5, 5.41) is 0.358. The van der Waals surface area contributed by atoms with Crippen molar-refractivity contribution in [3.8, 4) is 11.3 Å². The summed E-state index contributed by atoms with van der Waals surface area (Å²) in [6.45, 7) is 0. The fourth-order valence-corrected chi connectivity index (χ4v) is 1.28. The molecule has 0 atom stereocenters. The second-order valence-corrected chi connectivity index (χ2v) is 3.03. The third-order valence-electron chi connectivity index (χ3n) is 1.72. The maximum Gasteiger partial charge on any atom is 0.129 e. The lowest BCUT2D eigenvalue weighted by atomic mass is 10.1. The van der Waals surface area contributed by atoms with E-state index in [4.69, 9.17) is 13.0 Å². The molecule has 0 fully saturated rings. The number of nitrogens with zero attached hydrogens (tertiary/aromatic N) is 1. The number of halogens is 1. The Hall–Kier alpha value is -1.34. The molecule has 1 aromatic heterocycles. The number of hydrogen-bond acceptors (Lipinski definition) is 1. The van der Waals surface area contributed by atoms with E-state index in [1.54, 1.807) is 6.07 Å². The first-order valence-electron chi connectivity index (χ1n) is 4.45. The van der Waals surface area contributed by atoms with Crippen LogP contribution in [0.3, 0.4) is 0 Å². The highest BCUT2D eigenvalue weighted by molar-refractivity contribution is 6.29. The molecular weight excluding hydrogens is 182 g/mol. The van der Waals surface area contributed by atoms with Crippen molar-refractivity contribution < 1.29 is 1.37 Å². The fraction of sp³-hybridized carbons (Fsp3) is 0. The third-order valence-corrected chi connectivity index (χ3v) is 1.91. The van der Waals surface area contributed by atoms with E-state index in [1.807, 2.05) is 30.3 Å². The maximum absolute atomic E-state index is 7.50. The largest absolute Gasteiger partial charge is 0.236 e. The van der Waals surface area contributed by atoms with Gasteiger partial charge in [-0.05, 0) is 12.1 Å². The molecule has 0 aliphatic carbocycles. The Morgan fingerprint density at radius 1 is 1.08 bits per heavy atom. The Balaban J connectivity index is 2.52. The highest BCUT2D eigenvalue weighted by Gasteiger charge is 1.97. The van der Waals surface area contributed by atoms with Gasteiger partial charge >= 0.3 is 0 Å². The van der Waals surface area contributed by atoms with Crippen molar-refractivity contribution in [1.82, 2.24) is 4.98 Å². The van der Waals surface area contributed by atoms with E-state index in [2.05, 4.69) is 4.98 Å². The van der Waals surface area contributed by atoms with Crippen LogP contribution >= 0.6 is 11.6 Å². The van der Waals surface area contributed by atoms with Crippen LogP contribution in [-0.4, -0.2) is 4.98 Å². The topological polar surface area (TPSA) is 12.9 Å². The van der Waals surface area contributed by atoms with Crippen LogP contribution in [0.15, 0.2) is 48.5 Å². The summed E-state index contributed by atoms with van der Waals surface area (Å²) in [6, 6.07) is 13.3. The number of benzene rings is 1. The average molecular weight is 191 g/mol. The van der Waals surface area contributed by atoms with Crippen molar-refractivity contribution >= 4 is 11.6 Å². The Bertz CT molecular complexity index is 422. The molecule has 13 heavy (non-hydrogen) atoms. The van der Waals surface area contributed by atoms with Crippen LogP contribution in [0, 0.1) is 0 Å². The minimum Gasteiger partial charge on any atom is -0.236 e. The van der Waals surface area contributed by atoms with Crippen LogP contribution in [0.1, 0.15) is 1.37 Å². The van der Waals surface area contributed by atoms with E-state index >= 15 is 0 Å². The smallest absolute Gasteiger partial charge is 0.129 e. The fourth-order valence-electron chi connectivity index (χ4n) is 1.13. The molecule has 2 aromatic rings. The van der Waals surface area contributed by atoms with Gasteiger partial charge in [0, 0.05) is 5.56 Å². The van der Waals surface area contributed by atoms with Gasteiger partial charge in [-0.15, -0.1) is 0 Å². The van der Waals surface area contributed by atoms with Crippen molar-refractivity contribution in [2.45, 2.75) is 0 Å². The Morgan fingerprint density at radius 2 is 1.85 bits per heavy atom. The lowest BCUT2D eigenvalue weighted by molar-refractivity contribution is 1.33. The summed E-state index contributed by atoms with van der Waals surface area (Å²) in [7, 11) is 0. The molecule has 0 saturated carbocycles. The molecule has 0 spiro atoms. The SMILES string of the molecule is [2H]c1cc(Cl)nc(-c2ccccc2)c1. The van der Waals surface area contributed by atoms with Crippen LogP contribution in [0.25, 0.3) is 11.3 Å². The van der Waals surface area contributed by atoms with Gasteiger partial charge in [0.2, 0.25) is 0 Å². The van der Waals surface area contributed by atoms with Crippen molar-refractivity contribution in [1.29, 1.82) is 0 Å². The molecule has 1 aromatic carbocycles. The Kier molecular flexibility index (Phi) is 1.96. The van der Waals surface area contributed by atoms with Gasteiger partial charge in [0.15, 0.2) is 0 Å². The second kappa shape index (κ2) is 3.58. The average Bonchev–Trinajstić information content (AvgIpc) is 2.18. The molecule has 0 amide bonds. The predicted molar refractivity (Wildman–Crippen MR) is 54.7 cm³/mol. The summed E-state index contributed by atoms with van der Waals surface area (Å²) in [6.07, 6.45) is 0. The molecule has 0 saturated heterocycles. The molecule has 0 N–H and O–H groups in total. The highest BCUT2D eigenvalue weighted by atomic mass is 35.5. The summed E-state index contributed by atoms with van der Waals surface area (Å²) in [5.74, 6) is 0. The summed E-state index contributed by atoms with van der Waals surface area (Å²) < 4.78 is 7.50. The minimum atomic E-state index is 0.358. The van der Waals surface area contributed by atoms with E-state index in [1.165, 1.54) is 6.07 Å². The highest BCUT2D eigenvalue weighted by Crippen LogP contribution is 2.17. The molecule has 0 aliphatic rings. The number of aromatic nitrogens is 1. The van der Waals surface area contributed by atoms with Gasteiger partial charge in [0.05, 0.1) is 7.06 Å². The summed E-state index contributed by atoms with van der Waals surface area (Å²) >= 11 is 5.77. The van der Waals surface area contributed by atoms with E-state index in [0.29, 0.717) is 11.2 Å². The molecule has 64 valence electrons. The molecule has 1 heterocycles. The normalized spacial score (nSPS) is 11.0. The quantitative estimate of drug-likeness (QED) is 0.628. The Morgan fingerprint density at radius 3 is 2.54 bits per heavy atom. The maximum atomic E-state index is 7.50. The monoisotopic (exact) mass is 190 g/mol. The molecular formula is C11H8ClN. The first kappa shape index (κ1) is 7.10. The van der Waals surface area contributed by atoms with E-state index in [9.17, 15) is 0 Å². The number of pyridine rings is 1. The van der Waals surface area contributed by atoms with Crippen molar-refractivity contribution in [2.75, 3.05) is 0 Å². The number of rotatable bonds is 1. The lowest BCUT2D eigenvalue weighted by Crippen LogP contribution is -1.81. The zero-order chi connectivity index (χ0) is 9.97. The van der Waals surface area contributed by atoms with Gasteiger partial charge in [-0.25, -0.2) is 4.98 Å². The molecule has 1 nitrogen and oxygen atoms in total. The molecule has 2 heteroatoms. The van der Waals surface area contributed by atoms with Crippen LogP contribution in [0.2, 0.25) is 5.15 Å². The van der Waals surface area contributed by atoms with Gasteiger partial charge < -0.3 is 0 Å². The molecule has 0 aliphatic heterocycles. The van der Waals surface area contributed by atoms with Gasteiger partial charge in [0.1, 0.15) is 5.15 Å². The summed E-state index contributed by atoms with van der Waals surface area (Å²) in [5.41, 5.74) is 1.71. The zero-order valence-electron chi connectivity index (χ0n) is 7.87. The van der Waals surface area contributed by atoms with Crippen molar-refractivity contribution in [3.63, 3.8) is 0 Å². The van der Waals surface area contributed by atoms with Gasteiger partial charge in [-0.2, -0.15) is 0 Å². The third kappa shape index (κ3) is 1.87. The number of hydrogen-bond donors (Lipinski definition) is 0. The molecule has 2 rings (SSSR count). The van der Waals surface area contributed by atoms with E-state index in [0.717, 1.165) is 11.3 Å². The van der Waals surface area contributed by atoms with Crippen LogP contribution in [-0.2, 0) is 0 Å².